The molecule has 0 radical (unpaired) electrons. The molecule has 0 fully saturated rings. The third-order valence-corrected chi connectivity index (χ3v) is 1.96. The summed E-state index contributed by atoms with van der Waals surface area (Å²) in [6.45, 7) is 2.23. The van der Waals surface area contributed by atoms with Gasteiger partial charge in [-0.15, -0.1) is 0 Å². The molecule has 1 aliphatic rings. The van der Waals surface area contributed by atoms with Crippen LogP contribution in [0, 0.1) is 5.92 Å². The van der Waals surface area contributed by atoms with Gasteiger partial charge in [-0.25, -0.2) is 0 Å². The van der Waals surface area contributed by atoms with Crippen LogP contribution in [0.4, 0.5) is 0 Å². The van der Waals surface area contributed by atoms with Crippen LogP contribution in [-0.4, -0.2) is 13.1 Å². The van der Waals surface area contributed by atoms with Gasteiger partial charge in [-0.2, -0.15) is 0 Å². The maximum atomic E-state index is 3.26. The molecule has 0 spiro atoms. The normalized spacial score (nSPS) is 32.2. The lowest BCUT2D eigenvalue weighted by Crippen LogP contribution is -2.28. The van der Waals surface area contributed by atoms with Gasteiger partial charge in [-0.05, 0) is 19.4 Å². The molecule has 2 atom stereocenters. The molecule has 1 heteroatoms. The van der Waals surface area contributed by atoms with Crippen molar-refractivity contribution >= 4 is 0 Å². The van der Waals surface area contributed by atoms with E-state index in [0.29, 0.717) is 12.0 Å². The van der Waals surface area contributed by atoms with Gasteiger partial charge < -0.3 is 5.32 Å². The molecule has 0 saturated heterocycles. The molecular weight excluding hydrogens is 122 g/mol. The van der Waals surface area contributed by atoms with Crippen LogP contribution in [-0.2, 0) is 0 Å². The minimum Gasteiger partial charge on any atom is -0.313 e. The molecule has 0 heterocycles. The number of hydrogen-bond donors (Lipinski definition) is 1. The van der Waals surface area contributed by atoms with Gasteiger partial charge in [0.15, 0.2) is 0 Å². The number of hydrogen-bond acceptors (Lipinski definition) is 1. The molecule has 0 aromatic carbocycles. The Bertz CT molecular complexity index is 147. The number of allylic oxidation sites excluding steroid dienone is 2. The van der Waals surface area contributed by atoms with Crippen LogP contribution in [0.5, 0.6) is 0 Å². The van der Waals surface area contributed by atoms with E-state index in [1.807, 2.05) is 7.05 Å². The van der Waals surface area contributed by atoms with Gasteiger partial charge in [0.05, 0.1) is 0 Å². The molecule has 56 valence electrons. The van der Waals surface area contributed by atoms with Crippen molar-refractivity contribution in [1.82, 2.24) is 5.32 Å². The van der Waals surface area contributed by atoms with Crippen molar-refractivity contribution in [3.05, 3.63) is 24.3 Å². The summed E-state index contributed by atoms with van der Waals surface area (Å²) in [5, 5.41) is 3.26. The zero-order valence-corrected chi connectivity index (χ0v) is 6.67. The standard InChI is InChI=1S/C9H15N/c1-8-6-4-3-5-7-9(8)10-2/h4-10H,3H2,1-2H3. The average Bonchev–Trinajstić information content (AvgIpc) is 2.13. The Hall–Kier alpha value is -0.560. The Morgan fingerprint density at radius 3 is 2.70 bits per heavy atom. The first-order chi connectivity index (χ1) is 4.84. The molecule has 1 N–H and O–H groups in total. The van der Waals surface area contributed by atoms with E-state index in [1.165, 1.54) is 0 Å². The highest BCUT2D eigenvalue weighted by Crippen LogP contribution is 2.10. The monoisotopic (exact) mass is 137 g/mol. The van der Waals surface area contributed by atoms with Gasteiger partial charge in [-0.3, -0.25) is 0 Å². The Labute approximate surface area is 62.8 Å². The Balaban J connectivity index is 2.60. The van der Waals surface area contributed by atoms with Crippen molar-refractivity contribution in [3.63, 3.8) is 0 Å². The first kappa shape index (κ1) is 7.55. The number of likely N-dealkylation sites (N-methyl/N-ethyl adjacent to an activating group) is 1. The second kappa shape index (κ2) is 3.57. The third kappa shape index (κ3) is 1.71. The fourth-order valence-electron chi connectivity index (χ4n) is 1.25. The molecule has 0 amide bonds. The lowest BCUT2D eigenvalue weighted by molar-refractivity contribution is 0.545. The first-order valence-electron chi connectivity index (χ1n) is 3.85. The average molecular weight is 137 g/mol. The summed E-state index contributed by atoms with van der Waals surface area (Å²) in [6, 6.07) is 0.527. The summed E-state index contributed by atoms with van der Waals surface area (Å²) >= 11 is 0. The summed E-state index contributed by atoms with van der Waals surface area (Å²) in [7, 11) is 2.00. The van der Waals surface area contributed by atoms with Crippen LogP contribution in [0.15, 0.2) is 24.3 Å². The lowest BCUT2D eigenvalue weighted by Gasteiger charge is -2.15. The second-order valence-electron chi connectivity index (χ2n) is 2.77. The van der Waals surface area contributed by atoms with Crippen molar-refractivity contribution in [2.75, 3.05) is 7.05 Å². The van der Waals surface area contributed by atoms with Crippen LogP contribution in [0.2, 0.25) is 0 Å². The van der Waals surface area contributed by atoms with Crippen molar-refractivity contribution in [3.8, 4) is 0 Å². The summed E-state index contributed by atoms with van der Waals surface area (Å²) in [6.07, 6.45) is 10.0. The zero-order valence-electron chi connectivity index (χ0n) is 6.67. The SMILES string of the molecule is CNC1C=CCC=CC1C. The topological polar surface area (TPSA) is 12.0 Å². The van der Waals surface area contributed by atoms with E-state index in [2.05, 4.69) is 36.5 Å². The molecule has 1 rings (SSSR count). The van der Waals surface area contributed by atoms with Gasteiger partial charge in [0.1, 0.15) is 0 Å². The summed E-state index contributed by atoms with van der Waals surface area (Å²) in [5.41, 5.74) is 0. The van der Waals surface area contributed by atoms with Crippen molar-refractivity contribution in [2.45, 2.75) is 19.4 Å². The predicted molar refractivity (Wildman–Crippen MR) is 44.9 cm³/mol. The highest BCUT2D eigenvalue weighted by atomic mass is 14.9. The Morgan fingerprint density at radius 1 is 1.30 bits per heavy atom. The van der Waals surface area contributed by atoms with Gasteiger partial charge >= 0.3 is 0 Å². The predicted octanol–water partition coefficient (Wildman–Crippen LogP) is 1.73. The highest BCUT2D eigenvalue weighted by molar-refractivity contribution is 5.08. The van der Waals surface area contributed by atoms with Crippen LogP contribution >= 0.6 is 0 Å². The van der Waals surface area contributed by atoms with E-state index in [-0.39, 0.29) is 0 Å². The van der Waals surface area contributed by atoms with E-state index < -0.39 is 0 Å². The molecule has 0 aromatic rings. The van der Waals surface area contributed by atoms with Gasteiger partial charge in [-0.1, -0.05) is 31.2 Å². The Morgan fingerprint density at radius 2 is 2.00 bits per heavy atom. The molecule has 0 bridgehead atoms. The van der Waals surface area contributed by atoms with Crippen molar-refractivity contribution in [2.24, 2.45) is 5.92 Å². The largest absolute Gasteiger partial charge is 0.313 e. The molecule has 2 unspecified atom stereocenters. The maximum absolute atomic E-state index is 3.26. The molecule has 0 aromatic heterocycles. The molecule has 1 aliphatic carbocycles. The van der Waals surface area contributed by atoms with E-state index in [9.17, 15) is 0 Å². The van der Waals surface area contributed by atoms with Crippen LogP contribution in [0.25, 0.3) is 0 Å². The Kier molecular flexibility index (Phi) is 2.69. The summed E-state index contributed by atoms with van der Waals surface area (Å²) in [5.74, 6) is 0.628. The fraction of sp³-hybridized carbons (Fsp3) is 0.556. The number of nitrogens with one attached hydrogen (secondary N) is 1. The maximum Gasteiger partial charge on any atom is 0.0307 e. The molecule has 0 saturated carbocycles. The molecule has 10 heavy (non-hydrogen) atoms. The van der Waals surface area contributed by atoms with E-state index in [0.717, 1.165) is 6.42 Å². The quantitative estimate of drug-likeness (QED) is 0.543. The van der Waals surface area contributed by atoms with Gasteiger partial charge in [0.2, 0.25) is 0 Å². The summed E-state index contributed by atoms with van der Waals surface area (Å²) < 4.78 is 0. The van der Waals surface area contributed by atoms with Crippen LogP contribution < -0.4 is 5.32 Å². The molecule has 1 nitrogen and oxygen atoms in total. The number of rotatable bonds is 1. The minimum absolute atomic E-state index is 0.527. The van der Waals surface area contributed by atoms with Crippen LogP contribution in [0.1, 0.15) is 13.3 Å². The van der Waals surface area contributed by atoms with E-state index in [1.54, 1.807) is 0 Å². The molecule has 0 aliphatic heterocycles. The van der Waals surface area contributed by atoms with Gasteiger partial charge in [0.25, 0.3) is 0 Å². The fourth-order valence-corrected chi connectivity index (χ4v) is 1.25. The summed E-state index contributed by atoms with van der Waals surface area (Å²) in [4.78, 5) is 0. The first-order valence-corrected chi connectivity index (χ1v) is 3.85. The lowest BCUT2D eigenvalue weighted by atomic mass is 10.0. The molecular formula is C9H15N. The minimum atomic E-state index is 0.527. The van der Waals surface area contributed by atoms with Crippen molar-refractivity contribution < 1.29 is 0 Å². The third-order valence-electron chi connectivity index (χ3n) is 1.96. The van der Waals surface area contributed by atoms with Gasteiger partial charge in [0, 0.05) is 6.04 Å². The van der Waals surface area contributed by atoms with E-state index in [4.69, 9.17) is 0 Å². The zero-order chi connectivity index (χ0) is 7.40. The second-order valence-corrected chi connectivity index (χ2v) is 2.77. The van der Waals surface area contributed by atoms with Crippen molar-refractivity contribution in [1.29, 1.82) is 0 Å². The van der Waals surface area contributed by atoms with E-state index >= 15 is 0 Å². The van der Waals surface area contributed by atoms with Crippen LogP contribution in [0.3, 0.4) is 0 Å². The smallest absolute Gasteiger partial charge is 0.0307 e. The highest BCUT2D eigenvalue weighted by Gasteiger charge is 2.09.